The highest BCUT2D eigenvalue weighted by molar-refractivity contribution is 6.05. The molecule has 20 heavy (non-hydrogen) atoms. The highest BCUT2D eigenvalue weighted by atomic mass is 19.1. The molecule has 0 bridgehead atoms. The number of imidazole rings is 1. The molecule has 0 spiro atoms. The molecule has 2 atom stereocenters. The van der Waals surface area contributed by atoms with Crippen LogP contribution in [0.4, 0.5) is 4.39 Å². The largest absolute Gasteiger partial charge is 0.481 e. The van der Waals surface area contributed by atoms with Gasteiger partial charge in [0.05, 0.1) is 23.3 Å². The number of aromatic nitrogens is 2. The molecule has 2 rings (SSSR count). The second-order valence-corrected chi connectivity index (χ2v) is 4.64. The number of rotatable bonds is 4. The topological polar surface area (TPSA) is 95.1 Å². The minimum absolute atomic E-state index is 0.0747. The van der Waals surface area contributed by atoms with Crippen LogP contribution in [-0.4, -0.2) is 33.0 Å². The van der Waals surface area contributed by atoms with Crippen molar-refractivity contribution in [1.82, 2.24) is 15.3 Å². The number of H-pyrrole nitrogens is 1. The number of amides is 1. The number of carboxylic acid groups (broad SMARTS) is 1. The molecule has 7 heteroatoms. The fraction of sp³-hybridized carbons (Fsp3) is 0.308. The van der Waals surface area contributed by atoms with E-state index >= 15 is 0 Å². The number of aliphatic carboxylic acids is 1. The molecule has 2 unspecified atom stereocenters. The van der Waals surface area contributed by atoms with Crippen LogP contribution < -0.4 is 5.32 Å². The third-order valence-corrected chi connectivity index (χ3v) is 3.23. The number of fused-ring (bicyclic) bond motifs is 1. The predicted molar refractivity (Wildman–Crippen MR) is 69.8 cm³/mol. The lowest BCUT2D eigenvalue weighted by Crippen LogP contribution is -2.40. The summed E-state index contributed by atoms with van der Waals surface area (Å²) in [4.78, 5) is 29.7. The number of aromatic amines is 1. The molecule has 0 aliphatic carbocycles. The van der Waals surface area contributed by atoms with Crippen molar-refractivity contribution in [3.05, 3.63) is 29.8 Å². The zero-order valence-corrected chi connectivity index (χ0v) is 11.0. The van der Waals surface area contributed by atoms with Gasteiger partial charge in [-0.2, -0.15) is 0 Å². The second kappa shape index (κ2) is 5.28. The first kappa shape index (κ1) is 14.0. The Kier molecular flexibility index (Phi) is 3.69. The fourth-order valence-electron chi connectivity index (χ4n) is 1.81. The molecule has 0 saturated carbocycles. The molecule has 0 saturated heterocycles. The normalized spacial score (nSPS) is 13.9. The number of hydrogen-bond acceptors (Lipinski definition) is 3. The maximum Gasteiger partial charge on any atom is 0.308 e. The van der Waals surface area contributed by atoms with Crippen molar-refractivity contribution in [1.29, 1.82) is 0 Å². The SMILES string of the molecule is CC(NC(=O)c1cc(F)cc2[nH]cnc12)C(C)C(=O)O. The van der Waals surface area contributed by atoms with Crippen molar-refractivity contribution in [2.24, 2.45) is 5.92 Å². The lowest BCUT2D eigenvalue weighted by atomic mass is 10.0. The van der Waals surface area contributed by atoms with E-state index < -0.39 is 29.7 Å². The molecule has 3 N–H and O–H groups in total. The van der Waals surface area contributed by atoms with E-state index in [1.54, 1.807) is 6.92 Å². The van der Waals surface area contributed by atoms with Crippen molar-refractivity contribution < 1.29 is 19.1 Å². The van der Waals surface area contributed by atoms with Gasteiger partial charge in [0, 0.05) is 6.04 Å². The number of halogens is 1. The minimum atomic E-state index is -1.01. The predicted octanol–water partition coefficient (Wildman–Crippen LogP) is 1.54. The molecule has 2 aromatic rings. The number of nitrogens with one attached hydrogen (secondary N) is 2. The zero-order chi connectivity index (χ0) is 14.9. The van der Waals surface area contributed by atoms with E-state index in [2.05, 4.69) is 15.3 Å². The van der Waals surface area contributed by atoms with Crippen molar-refractivity contribution >= 4 is 22.9 Å². The number of hydrogen-bond donors (Lipinski definition) is 3. The molecule has 0 aliphatic rings. The van der Waals surface area contributed by atoms with Crippen molar-refractivity contribution in [3.8, 4) is 0 Å². The van der Waals surface area contributed by atoms with Crippen molar-refractivity contribution in [2.75, 3.05) is 0 Å². The van der Waals surface area contributed by atoms with Crippen molar-refractivity contribution in [2.45, 2.75) is 19.9 Å². The zero-order valence-electron chi connectivity index (χ0n) is 11.0. The average molecular weight is 279 g/mol. The van der Waals surface area contributed by atoms with Crippen LogP contribution in [0, 0.1) is 11.7 Å². The molecule has 1 aromatic heterocycles. The number of carboxylic acids is 1. The van der Waals surface area contributed by atoms with Crippen LogP contribution in [0.15, 0.2) is 18.5 Å². The number of carbonyl (C=O) groups is 2. The fourth-order valence-corrected chi connectivity index (χ4v) is 1.81. The van der Waals surface area contributed by atoms with Crippen LogP contribution in [-0.2, 0) is 4.79 Å². The number of carbonyl (C=O) groups excluding carboxylic acids is 1. The quantitative estimate of drug-likeness (QED) is 0.791. The van der Waals surface area contributed by atoms with E-state index in [1.165, 1.54) is 19.3 Å². The van der Waals surface area contributed by atoms with Crippen LogP contribution in [0.1, 0.15) is 24.2 Å². The molecular weight excluding hydrogens is 265 g/mol. The first-order valence-electron chi connectivity index (χ1n) is 6.06. The van der Waals surface area contributed by atoms with E-state index in [1.807, 2.05) is 0 Å². The van der Waals surface area contributed by atoms with Gasteiger partial charge in [0.15, 0.2) is 0 Å². The molecule has 1 aromatic carbocycles. The van der Waals surface area contributed by atoms with Gasteiger partial charge in [-0.1, -0.05) is 0 Å². The summed E-state index contributed by atoms with van der Waals surface area (Å²) in [6.07, 6.45) is 1.37. The summed E-state index contributed by atoms with van der Waals surface area (Å²) in [6, 6.07) is 1.73. The smallest absolute Gasteiger partial charge is 0.308 e. The van der Waals surface area contributed by atoms with Gasteiger partial charge in [-0.05, 0) is 26.0 Å². The maximum atomic E-state index is 13.4. The standard InChI is InChI=1S/C13H14FN3O3/c1-6(13(19)20)7(2)17-12(18)9-3-8(14)4-10-11(9)16-5-15-10/h3-7H,1-2H3,(H,15,16)(H,17,18)(H,19,20). The Labute approximate surface area is 114 Å². The van der Waals surface area contributed by atoms with Gasteiger partial charge in [-0.15, -0.1) is 0 Å². The van der Waals surface area contributed by atoms with E-state index in [0.717, 1.165) is 6.07 Å². The number of benzene rings is 1. The summed E-state index contributed by atoms with van der Waals surface area (Å²) in [5.74, 6) is -2.88. The van der Waals surface area contributed by atoms with Gasteiger partial charge in [0.2, 0.25) is 0 Å². The summed E-state index contributed by atoms with van der Waals surface area (Å²) in [5, 5.41) is 11.4. The molecule has 1 heterocycles. The average Bonchev–Trinajstić information content (AvgIpc) is 2.84. The molecule has 0 aliphatic heterocycles. The monoisotopic (exact) mass is 279 g/mol. The van der Waals surface area contributed by atoms with E-state index in [0.29, 0.717) is 11.0 Å². The molecule has 0 fully saturated rings. The lowest BCUT2D eigenvalue weighted by molar-refractivity contribution is -0.141. The summed E-state index contributed by atoms with van der Waals surface area (Å²) in [7, 11) is 0. The molecule has 1 amide bonds. The van der Waals surface area contributed by atoms with E-state index in [4.69, 9.17) is 5.11 Å². The number of nitrogens with zero attached hydrogens (tertiary/aromatic N) is 1. The van der Waals surface area contributed by atoms with E-state index in [-0.39, 0.29) is 5.56 Å². The maximum absolute atomic E-state index is 13.4. The van der Waals surface area contributed by atoms with Crippen LogP contribution in [0.2, 0.25) is 0 Å². The Bertz CT molecular complexity index is 668. The summed E-state index contributed by atoms with van der Waals surface area (Å²) in [5.41, 5.74) is 0.832. The Morgan fingerprint density at radius 2 is 2.10 bits per heavy atom. The molecule has 106 valence electrons. The van der Waals surface area contributed by atoms with Gasteiger partial charge in [-0.3, -0.25) is 9.59 Å². The summed E-state index contributed by atoms with van der Waals surface area (Å²) < 4.78 is 13.4. The second-order valence-electron chi connectivity index (χ2n) is 4.64. The molecule has 0 radical (unpaired) electrons. The third-order valence-electron chi connectivity index (χ3n) is 3.23. The van der Waals surface area contributed by atoms with E-state index in [9.17, 15) is 14.0 Å². The Hall–Kier alpha value is -2.44. The van der Waals surface area contributed by atoms with Crippen LogP contribution in [0.5, 0.6) is 0 Å². The van der Waals surface area contributed by atoms with Crippen molar-refractivity contribution in [3.63, 3.8) is 0 Å². The summed E-state index contributed by atoms with van der Waals surface area (Å²) in [6.45, 7) is 3.07. The highest BCUT2D eigenvalue weighted by Crippen LogP contribution is 2.17. The first-order valence-corrected chi connectivity index (χ1v) is 6.06. The van der Waals surface area contributed by atoms with Gasteiger partial charge >= 0.3 is 5.97 Å². The molecular formula is C13H14FN3O3. The Balaban J connectivity index is 2.28. The van der Waals surface area contributed by atoms with Gasteiger partial charge in [0.1, 0.15) is 11.3 Å². The summed E-state index contributed by atoms with van der Waals surface area (Å²) >= 11 is 0. The van der Waals surface area contributed by atoms with Gasteiger partial charge in [0.25, 0.3) is 5.91 Å². The Morgan fingerprint density at radius 1 is 1.40 bits per heavy atom. The van der Waals surface area contributed by atoms with Crippen LogP contribution in [0.25, 0.3) is 11.0 Å². The first-order chi connectivity index (χ1) is 9.40. The van der Waals surface area contributed by atoms with Crippen LogP contribution in [0.3, 0.4) is 0 Å². The van der Waals surface area contributed by atoms with Gasteiger partial charge in [-0.25, -0.2) is 9.37 Å². The third kappa shape index (κ3) is 2.61. The van der Waals surface area contributed by atoms with Crippen LogP contribution >= 0.6 is 0 Å². The lowest BCUT2D eigenvalue weighted by Gasteiger charge is -2.17. The minimum Gasteiger partial charge on any atom is -0.481 e. The highest BCUT2D eigenvalue weighted by Gasteiger charge is 2.23. The Morgan fingerprint density at radius 3 is 2.75 bits per heavy atom. The molecule has 6 nitrogen and oxygen atoms in total. The van der Waals surface area contributed by atoms with Gasteiger partial charge < -0.3 is 15.4 Å².